The molecule has 0 aliphatic carbocycles. The molecule has 0 spiro atoms. The van der Waals surface area contributed by atoms with Gasteiger partial charge in [0.2, 0.25) is 0 Å². The van der Waals surface area contributed by atoms with Gasteiger partial charge in [-0.1, -0.05) is 0 Å². The SMILES string of the molecule is CNC(C(OC)OC)C(C)(F)F. The summed E-state index contributed by atoms with van der Waals surface area (Å²) < 4.78 is 35.0. The first kappa shape index (κ1) is 11.7. The van der Waals surface area contributed by atoms with E-state index >= 15 is 0 Å². The summed E-state index contributed by atoms with van der Waals surface area (Å²) in [6.07, 6.45) is -0.935. The van der Waals surface area contributed by atoms with E-state index in [1.165, 1.54) is 21.3 Å². The molecule has 1 unspecified atom stereocenters. The highest BCUT2D eigenvalue weighted by molar-refractivity contribution is 4.81. The molecule has 1 atom stereocenters. The molecule has 0 fully saturated rings. The van der Waals surface area contributed by atoms with Crippen LogP contribution in [0.1, 0.15) is 6.92 Å². The Morgan fingerprint density at radius 2 is 1.67 bits per heavy atom. The lowest BCUT2D eigenvalue weighted by Gasteiger charge is -2.28. The van der Waals surface area contributed by atoms with Crippen molar-refractivity contribution in [1.29, 1.82) is 0 Å². The Hall–Kier alpha value is -0.260. The van der Waals surface area contributed by atoms with Crippen molar-refractivity contribution < 1.29 is 18.3 Å². The van der Waals surface area contributed by atoms with Crippen LogP contribution >= 0.6 is 0 Å². The second kappa shape index (κ2) is 4.69. The van der Waals surface area contributed by atoms with E-state index in [9.17, 15) is 8.78 Å². The van der Waals surface area contributed by atoms with Crippen molar-refractivity contribution in [3.05, 3.63) is 0 Å². The van der Waals surface area contributed by atoms with Gasteiger partial charge in [-0.05, 0) is 7.05 Å². The molecule has 0 amide bonds. The summed E-state index contributed by atoms with van der Waals surface area (Å²) in [6.45, 7) is 0.819. The minimum absolute atomic E-state index is 0.819. The molecule has 3 nitrogen and oxygen atoms in total. The van der Waals surface area contributed by atoms with Gasteiger partial charge >= 0.3 is 0 Å². The molecular formula is C7H15F2NO2. The molecule has 0 saturated heterocycles. The lowest BCUT2D eigenvalue weighted by Crippen LogP contribution is -2.51. The molecular weight excluding hydrogens is 168 g/mol. The van der Waals surface area contributed by atoms with Gasteiger partial charge in [-0.3, -0.25) is 0 Å². The summed E-state index contributed by atoms with van der Waals surface area (Å²) >= 11 is 0. The van der Waals surface area contributed by atoms with Crippen LogP contribution in [-0.2, 0) is 9.47 Å². The number of alkyl halides is 2. The van der Waals surface area contributed by atoms with E-state index in [0.29, 0.717) is 0 Å². The normalized spacial score (nSPS) is 15.2. The number of ether oxygens (including phenoxy) is 2. The van der Waals surface area contributed by atoms with Gasteiger partial charge in [0.05, 0.1) is 0 Å². The van der Waals surface area contributed by atoms with Gasteiger partial charge < -0.3 is 14.8 Å². The van der Waals surface area contributed by atoms with E-state index in [-0.39, 0.29) is 0 Å². The summed E-state index contributed by atoms with van der Waals surface area (Å²) in [5, 5.41) is 2.44. The van der Waals surface area contributed by atoms with Crippen LogP contribution in [0.4, 0.5) is 8.78 Å². The fourth-order valence-corrected chi connectivity index (χ4v) is 0.997. The van der Waals surface area contributed by atoms with Gasteiger partial charge in [0.15, 0.2) is 6.29 Å². The average Bonchev–Trinajstić information content (AvgIpc) is 1.97. The van der Waals surface area contributed by atoms with Crippen molar-refractivity contribution in [2.75, 3.05) is 21.3 Å². The van der Waals surface area contributed by atoms with Crippen molar-refractivity contribution >= 4 is 0 Å². The Morgan fingerprint density at radius 1 is 1.25 bits per heavy atom. The maximum absolute atomic E-state index is 12.8. The first-order chi connectivity index (χ1) is 5.47. The van der Waals surface area contributed by atoms with Gasteiger partial charge in [0, 0.05) is 21.1 Å². The highest BCUT2D eigenvalue weighted by Crippen LogP contribution is 2.21. The molecule has 12 heavy (non-hydrogen) atoms. The van der Waals surface area contributed by atoms with Crippen molar-refractivity contribution in [2.24, 2.45) is 0 Å². The molecule has 0 bridgehead atoms. The number of methoxy groups -OCH3 is 2. The zero-order chi connectivity index (χ0) is 9.78. The van der Waals surface area contributed by atoms with E-state index in [1.54, 1.807) is 0 Å². The Labute approximate surface area is 71.0 Å². The largest absolute Gasteiger partial charge is 0.354 e. The zero-order valence-corrected chi connectivity index (χ0v) is 7.73. The van der Waals surface area contributed by atoms with Crippen molar-refractivity contribution in [3.8, 4) is 0 Å². The fourth-order valence-electron chi connectivity index (χ4n) is 0.997. The zero-order valence-electron chi connectivity index (χ0n) is 7.73. The van der Waals surface area contributed by atoms with Crippen molar-refractivity contribution in [2.45, 2.75) is 25.2 Å². The van der Waals surface area contributed by atoms with E-state index in [1.807, 2.05) is 0 Å². The van der Waals surface area contributed by atoms with Crippen LogP contribution in [-0.4, -0.2) is 39.5 Å². The maximum Gasteiger partial charge on any atom is 0.265 e. The standard InChI is InChI=1S/C7H15F2NO2/c1-7(8,9)5(10-2)6(11-3)12-4/h5-6,10H,1-4H3. The minimum Gasteiger partial charge on any atom is -0.354 e. The summed E-state index contributed by atoms with van der Waals surface area (Å²) in [4.78, 5) is 0. The lowest BCUT2D eigenvalue weighted by molar-refractivity contribution is -0.173. The molecule has 0 aliphatic rings. The van der Waals surface area contributed by atoms with Gasteiger partial charge in [0.25, 0.3) is 5.92 Å². The molecule has 74 valence electrons. The number of hydrogen-bond donors (Lipinski definition) is 1. The molecule has 0 aromatic carbocycles. The second-order valence-electron chi connectivity index (χ2n) is 2.56. The predicted molar refractivity (Wildman–Crippen MR) is 41.3 cm³/mol. The van der Waals surface area contributed by atoms with Crippen LogP contribution in [0.5, 0.6) is 0 Å². The van der Waals surface area contributed by atoms with Gasteiger partial charge in [-0.15, -0.1) is 0 Å². The molecule has 0 radical (unpaired) electrons. The average molecular weight is 183 g/mol. The number of hydrogen-bond acceptors (Lipinski definition) is 3. The van der Waals surface area contributed by atoms with Crippen LogP contribution < -0.4 is 5.32 Å². The van der Waals surface area contributed by atoms with E-state index in [2.05, 4.69) is 5.32 Å². The first-order valence-corrected chi connectivity index (χ1v) is 3.58. The highest BCUT2D eigenvalue weighted by Gasteiger charge is 2.39. The molecule has 0 heterocycles. The van der Waals surface area contributed by atoms with E-state index in [4.69, 9.17) is 9.47 Å². The molecule has 0 aromatic rings. The van der Waals surface area contributed by atoms with Crippen LogP contribution in [0.15, 0.2) is 0 Å². The molecule has 0 aromatic heterocycles. The van der Waals surface area contributed by atoms with Gasteiger partial charge in [-0.25, -0.2) is 8.78 Å². The third-order valence-corrected chi connectivity index (χ3v) is 1.59. The van der Waals surface area contributed by atoms with Crippen LogP contribution in [0.25, 0.3) is 0 Å². The fraction of sp³-hybridized carbons (Fsp3) is 1.00. The number of likely N-dealkylation sites (N-methyl/N-ethyl adjacent to an activating group) is 1. The molecule has 1 N–H and O–H groups in total. The smallest absolute Gasteiger partial charge is 0.265 e. The monoisotopic (exact) mass is 183 g/mol. The summed E-state index contributed by atoms with van der Waals surface area (Å²) in [7, 11) is 4.08. The number of rotatable bonds is 5. The quantitative estimate of drug-likeness (QED) is 0.641. The molecule has 0 saturated carbocycles. The summed E-state index contributed by atoms with van der Waals surface area (Å²) in [6, 6.07) is -1.13. The number of halogens is 2. The molecule has 0 rings (SSSR count). The van der Waals surface area contributed by atoms with Crippen LogP contribution in [0, 0.1) is 0 Å². The molecule has 5 heteroatoms. The number of nitrogens with one attached hydrogen (secondary N) is 1. The summed E-state index contributed by atoms with van der Waals surface area (Å²) in [5.41, 5.74) is 0. The predicted octanol–water partition coefficient (Wildman–Crippen LogP) is 0.848. The molecule has 0 aliphatic heterocycles. The minimum atomic E-state index is -2.87. The van der Waals surface area contributed by atoms with Crippen molar-refractivity contribution in [1.82, 2.24) is 5.32 Å². The van der Waals surface area contributed by atoms with Crippen molar-refractivity contribution in [3.63, 3.8) is 0 Å². The second-order valence-corrected chi connectivity index (χ2v) is 2.56. The first-order valence-electron chi connectivity index (χ1n) is 3.58. The van der Waals surface area contributed by atoms with Gasteiger partial charge in [0.1, 0.15) is 6.04 Å². The third kappa shape index (κ3) is 3.00. The van der Waals surface area contributed by atoms with E-state index in [0.717, 1.165) is 6.92 Å². The van der Waals surface area contributed by atoms with Crippen LogP contribution in [0.2, 0.25) is 0 Å². The van der Waals surface area contributed by atoms with Crippen LogP contribution in [0.3, 0.4) is 0 Å². The maximum atomic E-state index is 12.8. The van der Waals surface area contributed by atoms with Gasteiger partial charge in [-0.2, -0.15) is 0 Å². The Kier molecular flexibility index (Phi) is 4.59. The third-order valence-electron chi connectivity index (χ3n) is 1.59. The Balaban J connectivity index is 4.31. The van der Waals surface area contributed by atoms with E-state index < -0.39 is 18.3 Å². The Morgan fingerprint density at radius 3 is 1.75 bits per heavy atom. The summed E-state index contributed by atoms with van der Waals surface area (Å²) in [5.74, 6) is -2.87. The lowest BCUT2D eigenvalue weighted by atomic mass is 10.1. The Bertz CT molecular complexity index is 123. The topological polar surface area (TPSA) is 30.5 Å². The highest BCUT2D eigenvalue weighted by atomic mass is 19.3.